The van der Waals surface area contributed by atoms with Crippen LogP contribution in [0.4, 0.5) is 0 Å². The van der Waals surface area contributed by atoms with Gasteiger partial charge in [-0.2, -0.15) is 0 Å². The number of hydrogen-bond acceptors (Lipinski definition) is 4. The van der Waals surface area contributed by atoms with E-state index in [0.717, 1.165) is 51.7 Å². The maximum atomic E-state index is 10.9. The number of likely N-dealkylation sites (tertiary alicyclic amines) is 1. The molecule has 3 rings (SSSR count). The molecule has 4 nitrogen and oxygen atoms in total. The van der Waals surface area contributed by atoms with E-state index in [1.807, 2.05) is 0 Å². The smallest absolute Gasteiger partial charge is 0.0877 e. The van der Waals surface area contributed by atoms with Crippen LogP contribution in [0, 0.1) is 0 Å². The van der Waals surface area contributed by atoms with E-state index in [1.165, 1.54) is 0 Å². The molecule has 3 N–H and O–H groups in total. The van der Waals surface area contributed by atoms with Crippen LogP contribution in [-0.2, 0) is 4.74 Å². The second-order valence-corrected chi connectivity index (χ2v) is 6.03. The highest BCUT2D eigenvalue weighted by Crippen LogP contribution is 2.48. The molecule has 3 unspecified atom stereocenters. The predicted octanol–water partition coefficient (Wildman–Crippen LogP) is 0.482. The van der Waals surface area contributed by atoms with Crippen molar-refractivity contribution in [2.75, 3.05) is 19.6 Å². The van der Waals surface area contributed by atoms with Crippen molar-refractivity contribution in [2.45, 2.75) is 62.4 Å². The molecule has 0 spiro atoms. The molecular formula is C13H24N2O2. The van der Waals surface area contributed by atoms with Gasteiger partial charge in [-0.3, -0.25) is 0 Å². The molecule has 3 fully saturated rings. The minimum atomic E-state index is -0.710. The molecule has 3 saturated heterocycles. The third-order valence-corrected chi connectivity index (χ3v) is 5.24. The third kappa shape index (κ3) is 1.65. The van der Waals surface area contributed by atoms with Crippen molar-refractivity contribution >= 4 is 0 Å². The largest absolute Gasteiger partial charge is 0.388 e. The molecule has 3 aliphatic rings. The zero-order valence-electron chi connectivity index (χ0n) is 10.7. The molecule has 3 atom stereocenters. The van der Waals surface area contributed by atoms with Crippen LogP contribution in [0.25, 0.3) is 0 Å². The summed E-state index contributed by atoms with van der Waals surface area (Å²) in [5, 5.41) is 10.9. The topological polar surface area (TPSA) is 58.7 Å². The third-order valence-electron chi connectivity index (χ3n) is 5.24. The lowest BCUT2D eigenvalue weighted by Gasteiger charge is -2.49. The molecule has 0 saturated carbocycles. The minimum Gasteiger partial charge on any atom is -0.388 e. The van der Waals surface area contributed by atoms with Gasteiger partial charge in [-0.25, -0.2) is 0 Å². The van der Waals surface area contributed by atoms with Crippen LogP contribution in [0.1, 0.15) is 39.0 Å². The van der Waals surface area contributed by atoms with Crippen molar-refractivity contribution in [1.82, 2.24) is 4.90 Å². The SMILES string of the molecule is CCN1CCC(O)(C2(N)CC3CCC2O3)CC1. The molecule has 2 bridgehead atoms. The van der Waals surface area contributed by atoms with Crippen molar-refractivity contribution in [3.63, 3.8) is 0 Å². The summed E-state index contributed by atoms with van der Waals surface area (Å²) in [7, 11) is 0. The first-order valence-corrected chi connectivity index (χ1v) is 6.96. The molecule has 4 heteroatoms. The van der Waals surface area contributed by atoms with Crippen molar-refractivity contribution in [3.05, 3.63) is 0 Å². The van der Waals surface area contributed by atoms with Gasteiger partial charge >= 0.3 is 0 Å². The normalized spacial score (nSPS) is 45.4. The van der Waals surface area contributed by atoms with Crippen molar-refractivity contribution in [1.29, 1.82) is 0 Å². The highest BCUT2D eigenvalue weighted by atomic mass is 16.5. The van der Waals surface area contributed by atoms with Crippen LogP contribution in [0.5, 0.6) is 0 Å². The quantitative estimate of drug-likeness (QED) is 0.737. The van der Waals surface area contributed by atoms with Crippen LogP contribution in [0.15, 0.2) is 0 Å². The zero-order valence-corrected chi connectivity index (χ0v) is 10.7. The minimum absolute atomic E-state index is 0.0886. The van der Waals surface area contributed by atoms with E-state index in [9.17, 15) is 5.11 Å². The number of aliphatic hydroxyl groups is 1. The average molecular weight is 240 g/mol. The Morgan fingerprint density at radius 1 is 1.35 bits per heavy atom. The van der Waals surface area contributed by atoms with Gasteiger partial charge in [-0.15, -0.1) is 0 Å². The summed E-state index contributed by atoms with van der Waals surface area (Å²) in [5.41, 5.74) is 5.35. The van der Waals surface area contributed by atoms with E-state index in [-0.39, 0.29) is 6.10 Å². The molecule has 0 aromatic carbocycles. The fourth-order valence-electron chi connectivity index (χ4n) is 3.94. The Morgan fingerprint density at radius 3 is 2.53 bits per heavy atom. The first-order valence-electron chi connectivity index (χ1n) is 6.96. The molecule has 98 valence electrons. The predicted molar refractivity (Wildman–Crippen MR) is 65.7 cm³/mol. The summed E-state index contributed by atoms with van der Waals surface area (Å²) in [6.07, 6.45) is 4.99. The fourth-order valence-corrected chi connectivity index (χ4v) is 3.94. The summed E-state index contributed by atoms with van der Waals surface area (Å²) >= 11 is 0. The molecule has 3 heterocycles. The summed E-state index contributed by atoms with van der Waals surface area (Å²) in [6, 6.07) is 0. The van der Waals surface area contributed by atoms with Crippen molar-refractivity contribution in [3.8, 4) is 0 Å². The first kappa shape index (κ1) is 11.9. The van der Waals surface area contributed by atoms with E-state index in [2.05, 4.69) is 11.8 Å². The van der Waals surface area contributed by atoms with Crippen molar-refractivity contribution in [2.24, 2.45) is 5.73 Å². The number of hydrogen-bond donors (Lipinski definition) is 2. The molecule has 17 heavy (non-hydrogen) atoms. The Labute approximate surface area is 103 Å². The van der Waals surface area contributed by atoms with Gasteiger partial charge in [0.25, 0.3) is 0 Å². The first-order chi connectivity index (χ1) is 8.07. The van der Waals surface area contributed by atoms with Crippen LogP contribution in [0.2, 0.25) is 0 Å². The Balaban J connectivity index is 1.75. The maximum Gasteiger partial charge on any atom is 0.0877 e. The van der Waals surface area contributed by atoms with E-state index in [1.54, 1.807) is 0 Å². The number of nitrogens with two attached hydrogens (primary N) is 1. The van der Waals surface area contributed by atoms with Crippen LogP contribution in [0.3, 0.4) is 0 Å². The van der Waals surface area contributed by atoms with E-state index >= 15 is 0 Å². The lowest BCUT2D eigenvalue weighted by Crippen LogP contribution is -2.68. The monoisotopic (exact) mass is 240 g/mol. The number of nitrogens with zero attached hydrogens (tertiary/aromatic N) is 1. The van der Waals surface area contributed by atoms with E-state index < -0.39 is 11.1 Å². The van der Waals surface area contributed by atoms with Gasteiger partial charge in [0, 0.05) is 13.1 Å². The van der Waals surface area contributed by atoms with Gasteiger partial charge in [0.2, 0.25) is 0 Å². The maximum absolute atomic E-state index is 10.9. The number of ether oxygens (including phenoxy) is 1. The molecular weight excluding hydrogens is 216 g/mol. The zero-order chi connectivity index (χ0) is 12.1. The molecule has 0 radical (unpaired) electrons. The number of piperidine rings is 1. The van der Waals surface area contributed by atoms with Crippen molar-refractivity contribution < 1.29 is 9.84 Å². The van der Waals surface area contributed by atoms with E-state index in [0.29, 0.717) is 6.10 Å². The van der Waals surface area contributed by atoms with Crippen LogP contribution in [-0.4, -0.2) is 53.0 Å². The molecule has 0 aromatic heterocycles. The highest BCUT2D eigenvalue weighted by Gasteiger charge is 2.60. The highest BCUT2D eigenvalue weighted by molar-refractivity contribution is 5.16. The lowest BCUT2D eigenvalue weighted by molar-refractivity contribution is -0.0994. The van der Waals surface area contributed by atoms with Gasteiger partial charge < -0.3 is 20.5 Å². The molecule has 0 amide bonds. The summed E-state index contributed by atoms with van der Waals surface area (Å²) in [5.74, 6) is 0. The van der Waals surface area contributed by atoms with E-state index in [4.69, 9.17) is 10.5 Å². The average Bonchev–Trinajstić information content (AvgIpc) is 2.90. The second-order valence-electron chi connectivity index (χ2n) is 6.03. The molecule has 0 aromatic rings. The summed E-state index contributed by atoms with van der Waals surface area (Å²) in [4.78, 5) is 2.38. The number of rotatable bonds is 2. The lowest BCUT2D eigenvalue weighted by atomic mass is 9.66. The Kier molecular flexibility index (Phi) is 2.74. The van der Waals surface area contributed by atoms with Gasteiger partial charge in [0.15, 0.2) is 0 Å². The van der Waals surface area contributed by atoms with Gasteiger partial charge in [0.05, 0.1) is 23.3 Å². The molecule has 3 aliphatic heterocycles. The van der Waals surface area contributed by atoms with Gasteiger partial charge in [0.1, 0.15) is 0 Å². The number of fused-ring (bicyclic) bond motifs is 2. The fraction of sp³-hybridized carbons (Fsp3) is 1.00. The van der Waals surface area contributed by atoms with Crippen LogP contribution >= 0.6 is 0 Å². The Hall–Kier alpha value is -0.160. The van der Waals surface area contributed by atoms with Gasteiger partial charge in [-0.1, -0.05) is 6.92 Å². The second kappa shape index (κ2) is 3.92. The Bertz CT molecular complexity index is 302. The van der Waals surface area contributed by atoms with Gasteiger partial charge in [-0.05, 0) is 38.6 Å². The standard InChI is InChI=1S/C13H24N2O2/c1-2-15-7-5-12(16,6-8-15)13(14)9-10-3-4-11(13)17-10/h10-11,16H,2-9,14H2,1H3. The summed E-state index contributed by atoms with van der Waals surface area (Å²) < 4.78 is 5.86. The Morgan fingerprint density at radius 2 is 2.06 bits per heavy atom. The van der Waals surface area contributed by atoms with Crippen LogP contribution < -0.4 is 5.73 Å². The molecule has 0 aliphatic carbocycles. The summed E-state index contributed by atoms with van der Waals surface area (Å²) in [6.45, 7) is 5.16.